The number of phenols is 1. The molecule has 0 fully saturated rings. The van der Waals surface area contributed by atoms with Crippen molar-refractivity contribution < 1.29 is 33.8 Å². The number of aromatic hydroxyl groups is 1. The van der Waals surface area contributed by atoms with Crippen LogP contribution in [-0.2, 0) is 30.3 Å². The third-order valence-electron chi connectivity index (χ3n) is 7.16. The highest BCUT2D eigenvalue weighted by Gasteiger charge is 2.37. The molecule has 2 rings (SSSR count). The third-order valence-corrected chi connectivity index (χ3v) is 7.16. The maximum atomic E-state index is 14.6. The van der Waals surface area contributed by atoms with Crippen molar-refractivity contribution in [2.45, 2.75) is 97.8 Å². The average molecular weight is 612 g/mol. The summed E-state index contributed by atoms with van der Waals surface area (Å²) >= 11 is 0. The first-order valence-electron chi connectivity index (χ1n) is 15.3. The fraction of sp³-hybridized carbons (Fsp3) is 0.529. The van der Waals surface area contributed by atoms with Gasteiger partial charge in [0.1, 0.15) is 30.0 Å². The molecule has 2 aromatic rings. The molecule has 0 heterocycles. The highest BCUT2D eigenvalue weighted by atomic mass is 16.6. The van der Waals surface area contributed by atoms with Crippen molar-refractivity contribution in [2.75, 3.05) is 20.2 Å². The number of carbonyl (C=O) groups excluding carboxylic acids is 4. The number of unbranched alkanes of at least 4 members (excludes halogenated alkanes) is 4. The van der Waals surface area contributed by atoms with E-state index in [-0.39, 0.29) is 25.3 Å². The summed E-state index contributed by atoms with van der Waals surface area (Å²) in [6.07, 6.45) is 3.90. The van der Waals surface area contributed by atoms with Crippen LogP contribution in [0.5, 0.6) is 5.75 Å². The van der Waals surface area contributed by atoms with Crippen LogP contribution in [0, 0.1) is 13.8 Å². The quantitative estimate of drug-likeness (QED) is 0.184. The van der Waals surface area contributed by atoms with Gasteiger partial charge in [0.15, 0.2) is 0 Å². The Bertz CT molecular complexity index is 1230. The minimum atomic E-state index is -1.09. The van der Waals surface area contributed by atoms with Gasteiger partial charge in [-0.15, -0.1) is 0 Å². The lowest BCUT2D eigenvalue weighted by Crippen LogP contribution is -2.54. The first-order valence-corrected chi connectivity index (χ1v) is 15.3. The number of ether oxygens (including phenoxy) is 2. The van der Waals surface area contributed by atoms with Gasteiger partial charge in [0, 0.05) is 13.0 Å². The molecular formula is C34H49N3O7. The summed E-state index contributed by atoms with van der Waals surface area (Å²) in [5.74, 6) is -1.55. The van der Waals surface area contributed by atoms with E-state index >= 15 is 0 Å². The van der Waals surface area contributed by atoms with E-state index < -0.39 is 41.6 Å². The zero-order valence-corrected chi connectivity index (χ0v) is 27.2. The molecule has 10 heteroatoms. The molecule has 0 saturated heterocycles. The molecular weight excluding hydrogens is 562 g/mol. The number of esters is 1. The van der Waals surface area contributed by atoms with E-state index in [4.69, 9.17) is 9.47 Å². The predicted molar refractivity (Wildman–Crippen MR) is 169 cm³/mol. The third kappa shape index (κ3) is 11.5. The Balaban J connectivity index is 2.62. The molecule has 2 aromatic carbocycles. The number of rotatable bonds is 15. The highest BCUT2D eigenvalue weighted by molar-refractivity contribution is 5.93. The van der Waals surface area contributed by atoms with Crippen LogP contribution in [0.4, 0.5) is 4.79 Å². The standard InChI is InChI=1S/C34H49N3O7/c1-8-9-10-11-12-20-37(30(31(40)35-22-28(39)43-7)29-23(2)14-13-15-24(29)3)32(41)27(36-33(42)44-34(4,5)6)21-25-16-18-26(38)19-17-25/h13-19,27,30,38H,8-12,20-22H2,1-7H3,(H,35,40)(H,36,42). The molecule has 0 spiro atoms. The van der Waals surface area contributed by atoms with E-state index in [1.807, 2.05) is 32.0 Å². The van der Waals surface area contributed by atoms with Gasteiger partial charge in [-0.05, 0) is 75.4 Å². The van der Waals surface area contributed by atoms with Crippen molar-refractivity contribution in [1.29, 1.82) is 0 Å². The molecule has 0 radical (unpaired) electrons. The number of hydrogen-bond acceptors (Lipinski definition) is 7. The van der Waals surface area contributed by atoms with Gasteiger partial charge >= 0.3 is 12.1 Å². The molecule has 44 heavy (non-hydrogen) atoms. The maximum absolute atomic E-state index is 14.6. The number of aryl methyl sites for hydroxylation is 2. The molecule has 0 aromatic heterocycles. The largest absolute Gasteiger partial charge is 0.508 e. The lowest BCUT2D eigenvalue weighted by atomic mass is 9.93. The fourth-order valence-electron chi connectivity index (χ4n) is 4.99. The lowest BCUT2D eigenvalue weighted by molar-refractivity contribution is -0.144. The second-order valence-electron chi connectivity index (χ2n) is 12.0. The molecule has 0 aliphatic heterocycles. The second kappa shape index (κ2) is 17.3. The number of nitrogens with zero attached hydrogens (tertiary/aromatic N) is 1. The number of methoxy groups -OCH3 is 1. The molecule has 2 atom stereocenters. The molecule has 3 N–H and O–H groups in total. The predicted octanol–water partition coefficient (Wildman–Crippen LogP) is 5.27. The Morgan fingerprint density at radius 2 is 1.55 bits per heavy atom. The van der Waals surface area contributed by atoms with Crippen LogP contribution < -0.4 is 10.6 Å². The summed E-state index contributed by atoms with van der Waals surface area (Å²) in [7, 11) is 1.24. The smallest absolute Gasteiger partial charge is 0.408 e. The van der Waals surface area contributed by atoms with Gasteiger partial charge in [-0.1, -0.05) is 62.9 Å². The van der Waals surface area contributed by atoms with E-state index in [1.54, 1.807) is 32.9 Å². The SMILES string of the molecule is CCCCCCCN(C(=O)C(Cc1ccc(O)cc1)NC(=O)OC(C)(C)C)C(C(=O)NCC(=O)OC)c1c(C)cccc1C. The Morgan fingerprint density at radius 1 is 0.932 bits per heavy atom. The van der Waals surface area contributed by atoms with Crippen LogP contribution in [0.3, 0.4) is 0 Å². The van der Waals surface area contributed by atoms with Gasteiger partial charge in [0.2, 0.25) is 11.8 Å². The number of alkyl carbamates (subject to hydrolysis) is 1. The van der Waals surface area contributed by atoms with Crippen LogP contribution in [0.2, 0.25) is 0 Å². The van der Waals surface area contributed by atoms with Crippen LogP contribution in [0.1, 0.15) is 88.1 Å². The summed E-state index contributed by atoms with van der Waals surface area (Å²) in [4.78, 5) is 55.0. The zero-order chi connectivity index (χ0) is 32.9. The van der Waals surface area contributed by atoms with Crippen molar-refractivity contribution in [3.05, 3.63) is 64.7 Å². The van der Waals surface area contributed by atoms with E-state index in [0.717, 1.165) is 36.8 Å². The monoisotopic (exact) mass is 611 g/mol. The van der Waals surface area contributed by atoms with Crippen molar-refractivity contribution in [2.24, 2.45) is 0 Å². The molecule has 2 unspecified atom stereocenters. The number of phenolic OH excluding ortho intramolecular Hbond substituents is 1. The number of hydrogen-bond donors (Lipinski definition) is 3. The van der Waals surface area contributed by atoms with Gasteiger partial charge in [-0.25, -0.2) is 4.79 Å². The fourth-order valence-corrected chi connectivity index (χ4v) is 4.99. The zero-order valence-electron chi connectivity index (χ0n) is 27.2. The van der Waals surface area contributed by atoms with E-state index in [0.29, 0.717) is 17.5 Å². The van der Waals surface area contributed by atoms with Crippen LogP contribution in [-0.4, -0.2) is 65.7 Å². The molecule has 0 aliphatic rings. The summed E-state index contributed by atoms with van der Waals surface area (Å²) in [5.41, 5.74) is 2.16. The normalized spacial score (nSPS) is 12.5. The number of carbonyl (C=O) groups is 4. The van der Waals surface area contributed by atoms with Crippen LogP contribution >= 0.6 is 0 Å². The summed E-state index contributed by atoms with van der Waals surface area (Å²) in [5, 5.41) is 15.2. The summed E-state index contributed by atoms with van der Waals surface area (Å²) < 4.78 is 10.2. The van der Waals surface area contributed by atoms with Crippen LogP contribution in [0.25, 0.3) is 0 Å². The minimum absolute atomic E-state index is 0.0720. The Morgan fingerprint density at radius 3 is 2.11 bits per heavy atom. The minimum Gasteiger partial charge on any atom is -0.508 e. The van der Waals surface area contributed by atoms with E-state index in [9.17, 15) is 24.3 Å². The molecule has 0 saturated carbocycles. The molecule has 0 aliphatic carbocycles. The van der Waals surface area contributed by atoms with Gasteiger partial charge in [-0.3, -0.25) is 14.4 Å². The number of nitrogens with one attached hydrogen (secondary N) is 2. The molecule has 3 amide bonds. The summed E-state index contributed by atoms with van der Waals surface area (Å²) in [6, 6.07) is 9.82. The number of amides is 3. The Hall–Kier alpha value is -4.08. The number of benzene rings is 2. The van der Waals surface area contributed by atoms with E-state index in [2.05, 4.69) is 17.6 Å². The highest BCUT2D eigenvalue weighted by Crippen LogP contribution is 2.29. The Labute approximate surface area is 261 Å². The molecule has 0 bridgehead atoms. The van der Waals surface area contributed by atoms with Gasteiger partial charge in [-0.2, -0.15) is 0 Å². The van der Waals surface area contributed by atoms with Crippen molar-refractivity contribution in [3.8, 4) is 5.75 Å². The second-order valence-corrected chi connectivity index (χ2v) is 12.0. The first kappa shape index (κ1) is 36.1. The maximum Gasteiger partial charge on any atom is 0.408 e. The molecule has 242 valence electrons. The summed E-state index contributed by atoms with van der Waals surface area (Å²) in [6.45, 7) is 10.9. The van der Waals surface area contributed by atoms with Crippen LogP contribution in [0.15, 0.2) is 42.5 Å². The topological polar surface area (TPSA) is 134 Å². The van der Waals surface area contributed by atoms with Gasteiger partial charge in [0.25, 0.3) is 0 Å². The average Bonchev–Trinajstić information content (AvgIpc) is 2.95. The van der Waals surface area contributed by atoms with Gasteiger partial charge in [0.05, 0.1) is 7.11 Å². The lowest BCUT2D eigenvalue weighted by Gasteiger charge is -2.36. The van der Waals surface area contributed by atoms with Crippen molar-refractivity contribution in [1.82, 2.24) is 15.5 Å². The van der Waals surface area contributed by atoms with Gasteiger partial charge < -0.3 is 30.1 Å². The first-order chi connectivity index (χ1) is 20.8. The van der Waals surface area contributed by atoms with Crippen molar-refractivity contribution in [3.63, 3.8) is 0 Å². The van der Waals surface area contributed by atoms with E-state index in [1.165, 1.54) is 24.1 Å². The molecule has 10 nitrogen and oxygen atoms in total. The van der Waals surface area contributed by atoms with Crippen molar-refractivity contribution >= 4 is 23.9 Å². The Kier molecular flexibility index (Phi) is 14.2.